The number of rotatable bonds is 17. The summed E-state index contributed by atoms with van der Waals surface area (Å²) in [5.74, 6) is -1.61. The molecule has 224 valence electrons. The molecule has 2 atom stereocenters. The number of ether oxygens (including phenoxy) is 3. The van der Waals surface area contributed by atoms with Crippen LogP contribution in [-0.4, -0.2) is 86.2 Å². The van der Waals surface area contributed by atoms with Gasteiger partial charge in [-0.15, -0.1) is 0 Å². The highest BCUT2D eigenvalue weighted by atomic mass is 32.2. The maximum atomic E-state index is 13.6. The number of non-ortho nitro benzene ring substituents is 1. The third-order valence-corrected chi connectivity index (χ3v) is 7.50. The molecule has 13 nitrogen and oxygen atoms in total. The molecule has 2 unspecified atom stereocenters. The third kappa shape index (κ3) is 8.46. The first-order valence-electron chi connectivity index (χ1n) is 13.3. The SMILES string of the molecule is CCOC(C)OCCC(OS(C)(=O)=O)=C(C(=O)OCc1ccc([N+](=O)[O-])cc1)N1C(=O)CC1[N+](CC)(CC)CC. The summed E-state index contributed by atoms with van der Waals surface area (Å²) in [7, 11) is -4.11. The van der Waals surface area contributed by atoms with Gasteiger partial charge in [-0.3, -0.25) is 19.8 Å². The second-order valence-corrected chi connectivity index (χ2v) is 10.9. The summed E-state index contributed by atoms with van der Waals surface area (Å²) in [6, 6.07) is 5.44. The van der Waals surface area contributed by atoms with Gasteiger partial charge < -0.3 is 22.9 Å². The number of hydrogen-bond donors (Lipinski definition) is 0. The summed E-state index contributed by atoms with van der Waals surface area (Å²) in [4.78, 5) is 38.3. The molecule has 1 aromatic carbocycles. The average molecular weight is 587 g/mol. The van der Waals surface area contributed by atoms with E-state index in [2.05, 4.69) is 0 Å². The Hall–Kier alpha value is -3.07. The van der Waals surface area contributed by atoms with Gasteiger partial charge in [0.2, 0.25) is 5.91 Å². The first-order chi connectivity index (χ1) is 18.8. The number of likely N-dealkylation sites (tertiary alicyclic amines) is 1. The standard InChI is InChI=1S/C26H40N3O10S/c1-7-29(8-2,9-3)23-17-24(30)27(23)25(22(39-40(6,34)35)15-16-37-19(5)36-10-4)26(31)38-18-20-11-13-21(14-12-20)28(32)33/h11-14,19,23H,7-10,15-18H2,1-6H3/q+1. The number of β-lactam (4-membered cyclic amide) rings is 1. The van der Waals surface area contributed by atoms with E-state index in [1.54, 1.807) is 13.8 Å². The molecule has 40 heavy (non-hydrogen) atoms. The molecule has 0 spiro atoms. The molecule has 2 rings (SSSR count). The van der Waals surface area contributed by atoms with Gasteiger partial charge >= 0.3 is 16.1 Å². The summed E-state index contributed by atoms with van der Waals surface area (Å²) >= 11 is 0. The Balaban J connectivity index is 2.52. The van der Waals surface area contributed by atoms with E-state index in [-0.39, 0.29) is 49.1 Å². The molecule has 1 aliphatic heterocycles. The largest absolute Gasteiger partial charge is 0.456 e. The lowest BCUT2D eigenvalue weighted by molar-refractivity contribution is -0.958. The quantitative estimate of drug-likeness (QED) is 0.0306. The zero-order valence-corrected chi connectivity index (χ0v) is 24.8. The topological polar surface area (TPSA) is 152 Å². The minimum atomic E-state index is -4.11. The van der Waals surface area contributed by atoms with Crippen molar-refractivity contribution in [2.45, 2.75) is 66.5 Å². The number of amides is 1. The monoisotopic (exact) mass is 586 g/mol. The summed E-state index contributed by atoms with van der Waals surface area (Å²) in [5.41, 5.74) is 0.0340. The van der Waals surface area contributed by atoms with E-state index < -0.39 is 33.5 Å². The van der Waals surface area contributed by atoms with Gasteiger partial charge in [-0.1, -0.05) is 0 Å². The van der Waals surface area contributed by atoms with Crippen molar-refractivity contribution >= 4 is 27.7 Å². The minimum Gasteiger partial charge on any atom is -0.456 e. The molecule has 0 saturated carbocycles. The summed E-state index contributed by atoms with van der Waals surface area (Å²) < 4.78 is 46.7. The fourth-order valence-corrected chi connectivity index (χ4v) is 5.20. The normalized spacial score (nSPS) is 17.1. The van der Waals surface area contributed by atoms with Crippen LogP contribution in [0, 0.1) is 10.1 Å². The lowest BCUT2D eigenvalue weighted by atomic mass is 10.0. The summed E-state index contributed by atoms with van der Waals surface area (Å²) in [5, 5.41) is 10.9. The van der Waals surface area contributed by atoms with Crippen molar-refractivity contribution in [2.75, 3.05) is 39.1 Å². The molecule has 0 bridgehead atoms. The molecule has 1 amide bonds. The lowest BCUT2D eigenvalue weighted by Crippen LogP contribution is -2.70. The van der Waals surface area contributed by atoms with E-state index in [1.165, 1.54) is 29.2 Å². The number of carbonyl (C=O) groups is 2. The number of carbonyl (C=O) groups excluding carboxylic acids is 2. The average Bonchev–Trinajstić information content (AvgIpc) is 2.90. The van der Waals surface area contributed by atoms with Crippen LogP contribution in [0.3, 0.4) is 0 Å². The van der Waals surface area contributed by atoms with E-state index in [0.717, 1.165) is 6.26 Å². The van der Waals surface area contributed by atoms with Crippen molar-refractivity contribution in [1.29, 1.82) is 0 Å². The van der Waals surface area contributed by atoms with E-state index >= 15 is 0 Å². The fraction of sp³-hybridized carbons (Fsp3) is 0.615. The van der Waals surface area contributed by atoms with Gasteiger partial charge in [0.05, 0.1) is 37.4 Å². The van der Waals surface area contributed by atoms with Gasteiger partial charge in [-0.25, -0.2) is 4.79 Å². The van der Waals surface area contributed by atoms with Crippen molar-refractivity contribution in [3.05, 3.63) is 51.4 Å². The minimum absolute atomic E-state index is 0.0623. The van der Waals surface area contributed by atoms with Crippen molar-refractivity contribution in [2.24, 2.45) is 0 Å². The van der Waals surface area contributed by atoms with Crippen molar-refractivity contribution in [1.82, 2.24) is 4.90 Å². The molecule has 0 radical (unpaired) electrons. The Morgan fingerprint density at radius 2 is 1.73 bits per heavy atom. The Morgan fingerprint density at radius 1 is 1.12 bits per heavy atom. The predicted octanol–water partition coefficient (Wildman–Crippen LogP) is 3.05. The van der Waals surface area contributed by atoms with Crippen LogP contribution in [0.25, 0.3) is 0 Å². The number of quaternary nitrogens is 1. The predicted molar refractivity (Wildman–Crippen MR) is 145 cm³/mol. The highest BCUT2D eigenvalue weighted by Crippen LogP contribution is 2.36. The first kappa shape index (κ1) is 33.1. The van der Waals surface area contributed by atoms with Crippen LogP contribution in [0.2, 0.25) is 0 Å². The maximum Gasteiger partial charge on any atom is 0.359 e. The Bertz CT molecular complexity index is 1170. The number of nitro benzene ring substituents is 1. The van der Waals surface area contributed by atoms with Gasteiger partial charge in [0.15, 0.2) is 23.9 Å². The number of hydrogen-bond acceptors (Lipinski definition) is 10. The third-order valence-electron chi connectivity index (χ3n) is 7.00. The number of esters is 1. The molecule has 1 aromatic rings. The van der Waals surface area contributed by atoms with Crippen LogP contribution < -0.4 is 0 Å². The van der Waals surface area contributed by atoms with Crippen LogP contribution in [0.5, 0.6) is 0 Å². The van der Waals surface area contributed by atoms with E-state index in [4.69, 9.17) is 18.4 Å². The van der Waals surface area contributed by atoms with Crippen LogP contribution in [-0.2, 0) is 44.7 Å². The Labute approximate surface area is 235 Å². The molecule has 0 N–H and O–H groups in total. The molecule has 1 saturated heterocycles. The van der Waals surface area contributed by atoms with Crippen molar-refractivity contribution in [3.63, 3.8) is 0 Å². The molecule has 1 aliphatic rings. The highest BCUT2D eigenvalue weighted by molar-refractivity contribution is 7.86. The van der Waals surface area contributed by atoms with E-state index in [9.17, 15) is 28.1 Å². The van der Waals surface area contributed by atoms with Crippen LogP contribution in [0.1, 0.15) is 53.0 Å². The number of benzene rings is 1. The molecule has 1 fully saturated rings. The molecule has 14 heteroatoms. The van der Waals surface area contributed by atoms with Crippen LogP contribution in [0.15, 0.2) is 35.7 Å². The zero-order chi connectivity index (χ0) is 30.1. The Kier molecular flexibility index (Phi) is 12.0. The lowest BCUT2D eigenvalue weighted by Gasteiger charge is -2.52. The van der Waals surface area contributed by atoms with Gasteiger partial charge in [-0.2, -0.15) is 8.42 Å². The van der Waals surface area contributed by atoms with E-state index in [1.807, 2.05) is 20.8 Å². The van der Waals surface area contributed by atoms with Crippen molar-refractivity contribution < 1.29 is 45.8 Å². The van der Waals surface area contributed by atoms with Gasteiger partial charge in [0, 0.05) is 25.2 Å². The van der Waals surface area contributed by atoms with E-state index in [0.29, 0.717) is 36.3 Å². The molecular formula is C26H40N3O10S+. The van der Waals surface area contributed by atoms with Crippen LogP contribution in [0.4, 0.5) is 5.69 Å². The number of nitrogens with zero attached hydrogens (tertiary/aromatic N) is 3. The second kappa shape index (κ2) is 14.5. The molecular weight excluding hydrogens is 546 g/mol. The van der Waals surface area contributed by atoms with Crippen molar-refractivity contribution in [3.8, 4) is 0 Å². The zero-order valence-electron chi connectivity index (χ0n) is 24.0. The van der Waals surface area contributed by atoms with Gasteiger partial charge in [0.1, 0.15) is 13.0 Å². The highest BCUT2D eigenvalue weighted by Gasteiger charge is 2.53. The Morgan fingerprint density at radius 3 is 2.20 bits per heavy atom. The molecule has 1 heterocycles. The second-order valence-electron chi connectivity index (χ2n) is 9.32. The first-order valence-corrected chi connectivity index (χ1v) is 15.1. The fourth-order valence-electron chi connectivity index (χ4n) is 4.68. The maximum absolute atomic E-state index is 13.6. The molecule has 0 aromatic heterocycles. The van der Waals surface area contributed by atoms with Gasteiger partial charge in [0.25, 0.3) is 5.69 Å². The van der Waals surface area contributed by atoms with Gasteiger partial charge in [-0.05, 0) is 52.3 Å². The van der Waals surface area contributed by atoms with Crippen LogP contribution >= 0.6 is 0 Å². The summed E-state index contributed by atoms with van der Waals surface area (Å²) in [6.45, 7) is 11.5. The summed E-state index contributed by atoms with van der Waals surface area (Å²) in [6.07, 6.45) is -0.177. The molecule has 0 aliphatic carbocycles. The number of nitro groups is 1. The smallest absolute Gasteiger partial charge is 0.359 e.